The van der Waals surface area contributed by atoms with Gasteiger partial charge in [-0.25, -0.2) is 0 Å². The Kier molecular flexibility index (Phi) is 7.73. The molecule has 2 aromatic rings. The number of hydrogen-bond acceptors (Lipinski definition) is 8. The van der Waals surface area contributed by atoms with Crippen LogP contribution in [-0.2, 0) is 23.8 Å². The molecule has 0 aromatic heterocycles. The van der Waals surface area contributed by atoms with Gasteiger partial charge in [0.2, 0.25) is 0 Å². The smallest absolute Gasteiger partial charge is 0.308 e. The van der Waals surface area contributed by atoms with Crippen molar-refractivity contribution in [1.29, 1.82) is 0 Å². The molecule has 0 radical (unpaired) electrons. The number of hydrogen-bond donors (Lipinski definition) is 3. The molecule has 3 N–H and O–H groups in total. The standard InChI is InChI=1S/C38H43NO8/c1-21-30(47-32(42)15-28(23-11-7-5-8-12-23)39-35(43)24-13-9-6-10-14-24)19-37(44)17-26-25-20-45-29(25)16-31(41)38(26)18-27(38)34(46-22(2)40)33(21)36(37,3)4/h5-14,18,25-26,28-31,34,41,44H,15-17,19-20H2,1-4H3,(H,39,43)/t25-,26?,28?,29+,30-,31-,34-,37-,38+/m0/s1. The van der Waals surface area contributed by atoms with Gasteiger partial charge in [0.15, 0.2) is 0 Å². The molecule has 9 nitrogen and oxygen atoms in total. The highest BCUT2D eigenvalue weighted by Crippen LogP contribution is 2.70. The van der Waals surface area contributed by atoms with Crippen molar-refractivity contribution in [2.45, 2.75) is 89.4 Å². The van der Waals surface area contributed by atoms with Crippen LogP contribution in [0.1, 0.15) is 75.3 Å². The number of nitrogens with one attached hydrogen (secondary N) is 1. The molecule has 9 heteroatoms. The third-order valence-electron chi connectivity index (χ3n) is 11.8. The monoisotopic (exact) mass is 641 g/mol. The van der Waals surface area contributed by atoms with E-state index in [-0.39, 0.29) is 36.7 Å². The summed E-state index contributed by atoms with van der Waals surface area (Å²) in [5.41, 5.74) is 0.684. The van der Waals surface area contributed by atoms with Gasteiger partial charge in [0.25, 0.3) is 5.91 Å². The highest BCUT2D eigenvalue weighted by Gasteiger charge is 2.71. The summed E-state index contributed by atoms with van der Waals surface area (Å²) in [7, 11) is 0. The Morgan fingerprint density at radius 3 is 2.34 bits per heavy atom. The lowest BCUT2D eigenvalue weighted by Gasteiger charge is -2.60. The summed E-state index contributed by atoms with van der Waals surface area (Å²) in [5, 5.41) is 27.2. The van der Waals surface area contributed by atoms with E-state index in [0.29, 0.717) is 30.6 Å². The molecule has 2 saturated carbocycles. The SMILES string of the molecule is CC(=O)O[C@H]1C2=C[C@@]23C(C[C@]2(O)C[C@H](OC(=O)CC(NC(=O)c4ccccc4)c4ccccc4)C(C)=C1C2(C)C)[C@@H]1CO[C@@H]1C[C@@H]3O. The molecule has 1 aliphatic heterocycles. The normalized spacial score (nSPS) is 35.2. The quantitative estimate of drug-likeness (QED) is 0.296. The summed E-state index contributed by atoms with van der Waals surface area (Å²) in [6, 6.07) is 17.5. The van der Waals surface area contributed by atoms with Crippen molar-refractivity contribution in [3.8, 4) is 0 Å². The number of benzene rings is 2. The Labute approximate surface area is 275 Å². The Balaban J connectivity index is 1.21. The highest BCUT2D eigenvalue weighted by atomic mass is 16.6. The first-order valence-corrected chi connectivity index (χ1v) is 16.6. The molecular formula is C38H43NO8. The fourth-order valence-corrected chi connectivity index (χ4v) is 9.02. The predicted octanol–water partition coefficient (Wildman–Crippen LogP) is 4.59. The Morgan fingerprint density at radius 1 is 1.02 bits per heavy atom. The van der Waals surface area contributed by atoms with Crippen LogP contribution in [0, 0.1) is 22.7 Å². The lowest BCUT2D eigenvalue weighted by atomic mass is 9.50. The van der Waals surface area contributed by atoms with Crippen molar-refractivity contribution in [3.63, 3.8) is 0 Å². The molecular weight excluding hydrogens is 598 g/mol. The number of aliphatic hydroxyl groups is 2. The van der Waals surface area contributed by atoms with Gasteiger partial charge < -0.3 is 29.7 Å². The maximum Gasteiger partial charge on any atom is 0.308 e. The van der Waals surface area contributed by atoms with Crippen molar-refractivity contribution >= 4 is 17.8 Å². The lowest BCUT2D eigenvalue weighted by molar-refractivity contribution is -0.225. The molecule has 3 fully saturated rings. The second-order valence-electron chi connectivity index (χ2n) is 14.6. The van der Waals surface area contributed by atoms with Crippen molar-refractivity contribution < 1.29 is 38.8 Å². The molecule has 2 bridgehead atoms. The van der Waals surface area contributed by atoms with Gasteiger partial charge in [0, 0.05) is 42.1 Å². The van der Waals surface area contributed by atoms with Crippen LogP contribution in [0.25, 0.3) is 0 Å². The number of fused-ring (bicyclic) bond motifs is 4. The number of esters is 2. The Morgan fingerprint density at radius 2 is 1.70 bits per heavy atom. The maximum atomic E-state index is 13.8. The van der Waals surface area contributed by atoms with E-state index in [0.717, 1.165) is 16.7 Å². The molecule has 9 atom stereocenters. The summed E-state index contributed by atoms with van der Waals surface area (Å²) < 4.78 is 18.1. The third-order valence-corrected chi connectivity index (χ3v) is 11.8. The number of rotatable bonds is 7. The number of aliphatic hydroxyl groups excluding tert-OH is 1. The van der Waals surface area contributed by atoms with Crippen molar-refractivity contribution in [1.82, 2.24) is 5.32 Å². The Bertz CT molecular complexity index is 1650. The minimum Gasteiger partial charge on any atom is -0.458 e. The molecule has 1 saturated heterocycles. The average molecular weight is 642 g/mol. The van der Waals surface area contributed by atoms with E-state index >= 15 is 0 Å². The van der Waals surface area contributed by atoms with Gasteiger partial charge in [-0.15, -0.1) is 0 Å². The van der Waals surface area contributed by atoms with E-state index in [4.69, 9.17) is 14.2 Å². The molecule has 2 unspecified atom stereocenters. The minimum absolute atomic E-state index is 0.0795. The molecule has 1 heterocycles. The molecule has 1 amide bonds. The number of ether oxygens (including phenoxy) is 3. The van der Waals surface area contributed by atoms with Crippen LogP contribution in [0.15, 0.2) is 83.5 Å². The van der Waals surface area contributed by atoms with Crippen molar-refractivity contribution in [3.05, 3.63) is 94.6 Å². The molecule has 7 rings (SSSR count). The second-order valence-corrected chi connectivity index (χ2v) is 14.6. The first-order chi connectivity index (χ1) is 22.4. The maximum absolute atomic E-state index is 13.8. The van der Waals surface area contributed by atoms with Crippen LogP contribution >= 0.6 is 0 Å². The van der Waals surface area contributed by atoms with Gasteiger partial charge in [0.1, 0.15) is 12.2 Å². The minimum atomic E-state index is -1.34. The van der Waals surface area contributed by atoms with Crippen LogP contribution in [0.4, 0.5) is 0 Å². The van der Waals surface area contributed by atoms with Gasteiger partial charge in [0.05, 0.1) is 36.9 Å². The van der Waals surface area contributed by atoms with Crippen molar-refractivity contribution in [2.75, 3.05) is 6.61 Å². The van der Waals surface area contributed by atoms with E-state index in [2.05, 4.69) is 5.32 Å². The summed E-state index contributed by atoms with van der Waals surface area (Å²) in [5.74, 6) is -1.27. The average Bonchev–Trinajstić information content (AvgIpc) is 3.77. The van der Waals surface area contributed by atoms with Crippen LogP contribution in [0.3, 0.4) is 0 Å². The zero-order valence-electron chi connectivity index (χ0n) is 27.3. The van der Waals surface area contributed by atoms with E-state index in [9.17, 15) is 24.6 Å². The largest absolute Gasteiger partial charge is 0.458 e. The lowest BCUT2D eigenvalue weighted by Crippen LogP contribution is -2.64. The predicted molar refractivity (Wildman–Crippen MR) is 172 cm³/mol. The van der Waals surface area contributed by atoms with E-state index in [1.165, 1.54) is 6.92 Å². The van der Waals surface area contributed by atoms with Crippen molar-refractivity contribution in [2.24, 2.45) is 22.7 Å². The summed E-state index contributed by atoms with van der Waals surface area (Å²) in [4.78, 5) is 39.5. The summed E-state index contributed by atoms with van der Waals surface area (Å²) in [6.45, 7) is 7.72. The first kappa shape index (κ1) is 31.8. The highest BCUT2D eigenvalue weighted by molar-refractivity contribution is 5.94. The van der Waals surface area contributed by atoms with Gasteiger partial charge in [-0.2, -0.15) is 0 Å². The second kappa shape index (κ2) is 11.4. The first-order valence-electron chi connectivity index (χ1n) is 16.6. The van der Waals surface area contributed by atoms with Crippen LogP contribution in [0.2, 0.25) is 0 Å². The molecule has 1 spiro atoms. The number of carbonyl (C=O) groups excluding carboxylic acids is 3. The Hall–Kier alpha value is -3.79. The zero-order chi connectivity index (χ0) is 33.3. The summed E-state index contributed by atoms with van der Waals surface area (Å²) >= 11 is 0. The molecule has 248 valence electrons. The van der Waals surface area contributed by atoms with Gasteiger partial charge in [-0.05, 0) is 53.7 Å². The number of amides is 1. The van der Waals surface area contributed by atoms with Crippen LogP contribution < -0.4 is 5.32 Å². The third kappa shape index (κ3) is 5.14. The van der Waals surface area contributed by atoms with Gasteiger partial charge >= 0.3 is 11.9 Å². The van der Waals surface area contributed by atoms with Crippen LogP contribution in [-0.4, -0.2) is 64.7 Å². The summed E-state index contributed by atoms with van der Waals surface area (Å²) in [6.07, 6.45) is 0.573. The topological polar surface area (TPSA) is 131 Å². The van der Waals surface area contributed by atoms with E-state index in [1.54, 1.807) is 24.3 Å². The van der Waals surface area contributed by atoms with Gasteiger partial charge in [-0.3, -0.25) is 14.4 Å². The van der Waals surface area contributed by atoms with Gasteiger partial charge in [-0.1, -0.05) is 68.5 Å². The molecule has 2 aromatic carbocycles. The fourth-order valence-electron chi connectivity index (χ4n) is 9.02. The molecule has 47 heavy (non-hydrogen) atoms. The zero-order valence-corrected chi connectivity index (χ0v) is 27.3. The number of carbonyl (C=O) groups is 3. The van der Waals surface area contributed by atoms with E-state index in [1.807, 2.05) is 63.2 Å². The fraction of sp³-hybridized carbons (Fsp3) is 0.500. The molecule has 5 aliphatic rings. The van der Waals surface area contributed by atoms with Crippen LogP contribution in [0.5, 0.6) is 0 Å². The van der Waals surface area contributed by atoms with E-state index < -0.39 is 52.7 Å². The molecule has 4 aliphatic carbocycles.